The minimum Gasteiger partial charge on any atom is -0.389 e. The minimum atomic E-state index is -0.308. The molecule has 0 aliphatic carbocycles. The van der Waals surface area contributed by atoms with Gasteiger partial charge in [-0.25, -0.2) is 0 Å². The molecule has 3 aliphatic rings. The molecule has 150 valence electrons. The quantitative estimate of drug-likeness (QED) is 0.813. The van der Waals surface area contributed by atoms with Crippen LogP contribution in [0.5, 0.6) is 0 Å². The zero-order chi connectivity index (χ0) is 18.5. The molecule has 6 heteroatoms. The second kappa shape index (κ2) is 9.34. The molecular formula is C21H34N4O2. The first-order chi connectivity index (χ1) is 13.3. The topological polar surface area (TPSA) is 42.4 Å². The number of para-hydroxylation sites is 1. The van der Waals surface area contributed by atoms with Crippen LogP contribution in [0.4, 0.5) is 5.69 Å². The Labute approximate surface area is 163 Å². The molecule has 3 saturated heterocycles. The summed E-state index contributed by atoms with van der Waals surface area (Å²) in [5, 5.41) is 10.1. The Kier molecular flexibility index (Phi) is 6.63. The highest BCUT2D eigenvalue weighted by molar-refractivity contribution is 5.46. The van der Waals surface area contributed by atoms with Crippen molar-refractivity contribution in [1.82, 2.24) is 14.7 Å². The highest BCUT2D eigenvalue weighted by atomic mass is 16.5. The molecule has 1 aromatic rings. The van der Waals surface area contributed by atoms with Crippen molar-refractivity contribution in [3.8, 4) is 0 Å². The summed E-state index contributed by atoms with van der Waals surface area (Å²) in [5.41, 5.74) is 1.35. The van der Waals surface area contributed by atoms with Crippen molar-refractivity contribution < 1.29 is 9.84 Å². The number of aliphatic hydroxyl groups is 1. The lowest BCUT2D eigenvalue weighted by Gasteiger charge is -2.37. The van der Waals surface area contributed by atoms with Crippen LogP contribution in [0.25, 0.3) is 0 Å². The van der Waals surface area contributed by atoms with Crippen LogP contribution >= 0.6 is 0 Å². The number of nitrogens with zero attached hydrogens (tertiary/aromatic N) is 4. The van der Waals surface area contributed by atoms with E-state index in [0.717, 1.165) is 58.9 Å². The van der Waals surface area contributed by atoms with E-state index in [1.807, 2.05) is 0 Å². The molecule has 0 unspecified atom stereocenters. The molecule has 0 aromatic heterocycles. The number of piperazine rings is 1. The van der Waals surface area contributed by atoms with Crippen LogP contribution in [0.2, 0.25) is 0 Å². The van der Waals surface area contributed by atoms with Crippen molar-refractivity contribution in [3.63, 3.8) is 0 Å². The van der Waals surface area contributed by atoms with Gasteiger partial charge in [0.2, 0.25) is 0 Å². The van der Waals surface area contributed by atoms with E-state index in [4.69, 9.17) is 4.74 Å². The van der Waals surface area contributed by atoms with Gasteiger partial charge in [0.05, 0.1) is 25.4 Å². The van der Waals surface area contributed by atoms with Crippen LogP contribution in [-0.2, 0) is 4.74 Å². The van der Waals surface area contributed by atoms with Gasteiger partial charge in [-0.3, -0.25) is 9.80 Å². The van der Waals surface area contributed by atoms with Crippen LogP contribution in [0.3, 0.4) is 0 Å². The van der Waals surface area contributed by atoms with Crippen molar-refractivity contribution >= 4 is 5.69 Å². The summed E-state index contributed by atoms with van der Waals surface area (Å²) in [4.78, 5) is 10.1. The Bertz CT molecular complexity index is 565. The second-order valence-electron chi connectivity index (χ2n) is 8.07. The highest BCUT2D eigenvalue weighted by Crippen LogP contribution is 2.17. The van der Waals surface area contributed by atoms with Gasteiger partial charge in [-0.05, 0) is 31.6 Å². The Morgan fingerprint density at radius 2 is 1.52 bits per heavy atom. The summed E-state index contributed by atoms with van der Waals surface area (Å²) < 4.78 is 5.44. The first kappa shape index (κ1) is 19.2. The van der Waals surface area contributed by atoms with Crippen molar-refractivity contribution in [2.45, 2.75) is 18.6 Å². The summed E-state index contributed by atoms with van der Waals surface area (Å²) in [6.45, 7) is 12.5. The molecule has 4 rings (SSSR count). The van der Waals surface area contributed by atoms with Gasteiger partial charge < -0.3 is 19.6 Å². The summed E-state index contributed by atoms with van der Waals surface area (Å²) in [6, 6.07) is 11.0. The molecule has 1 aromatic carbocycles. The summed E-state index contributed by atoms with van der Waals surface area (Å²) >= 11 is 0. The number of hydrogen-bond acceptors (Lipinski definition) is 6. The third-order valence-electron chi connectivity index (χ3n) is 6.34. The fourth-order valence-electron chi connectivity index (χ4n) is 4.58. The number of aliphatic hydroxyl groups excluding tert-OH is 1. The Morgan fingerprint density at radius 3 is 2.22 bits per heavy atom. The number of hydrogen-bond donors (Lipinski definition) is 1. The predicted molar refractivity (Wildman–Crippen MR) is 108 cm³/mol. The third kappa shape index (κ3) is 5.00. The molecule has 1 N–H and O–H groups in total. The van der Waals surface area contributed by atoms with E-state index in [-0.39, 0.29) is 12.1 Å². The van der Waals surface area contributed by atoms with Gasteiger partial charge in [0.15, 0.2) is 0 Å². The Hall–Kier alpha value is -1.18. The zero-order valence-corrected chi connectivity index (χ0v) is 16.4. The van der Waals surface area contributed by atoms with Gasteiger partial charge in [-0.1, -0.05) is 18.2 Å². The van der Waals surface area contributed by atoms with Gasteiger partial charge in [0.1, 0.15) is 0 Å². The highest BCUT2D eigenvalue weighted by Gasteiger charge is 2.32. The molecule has 3 heterocycles. The molecule has 0 bridgehead atoms. The number of rotatable bonds is 5. The van der Waals surface area contributed by atoms with Gasteiger partial charge in [0.25, 0.3) is 0 Å². The van der Waals surface area contributed by atoms with Crippen LogP contribution in [-0.4, -0.2) is 111 Å². The first-order valence-electron chi connectivity index (χ1n) is 10.5. The molecule has 0 saturated carbocycles. The van der Waals surface area contributed by atoms with E-state index in [9.17, 15) is 5.11 Å². The maximum atomic E-state index is 10.1. The Morgan fingerprint density at radius 1 is 0.815 bits per heavy atom. The lowest BCUT2D eigenvalue weighted by atomic mass is 10.2. The number of benzene rings is 1. The van der Waals surface area contributed by atoms with E-state index < -0.39 is 0 Å². The van der Waals surface area contributed by atoms with Gasteiger partial charge in [0, 0.05) is 58.0 Å². The van der Waals surface area contributed by atoms with Crippen molar-refractivity contribution in [1.29, 1.82) is 0 Å². The summed E-state index contributed by atoms with van der Waals surface area (Å²) in [7, 11) is 0. The van der Waals surface area contributed by atoms with Crippen LogP contribution in [0.1, 0.15) is 6.42 Å². The van der Waals surface area contributed by atoms with Crippen LogP contribution < -0.4 is 4.90 Å². The Balaban J connectivity index is 1.18. The average Bonchev–Trinajstić information content (AvgIpc) is 3.00. The first-order valence-corrected chi connectivity index (χ1v) is 10.5. The molecule has 0 spiro atoms. The van der Waals surface area contributed by atoms with Crippen molar-refractivity contribution in [2.75, 3.05) is 83.6 Å². The average molecular weight is 375 g/mol. The standard InChI is InChI=1S/C21H34N4O2/c26-21-18-27-17-20(21)25-8-4-7-22(13-16-25)9-10-23-11-14-24(15-12-23)19-5-2-1-3-6-19/h1-3,5-6,20-21,26H,4,7-18H2/t20-,21-/m1/s1. The molecule has 0 amide bonds. The SMILES string of the molecule is O[C@@H]1COC[C@H]1N1CCCN(CCN2CCN(c3ccccc3)CC2)CC1. The van der Waals surface area contributed by atoms with Crippen LogP contribution in [0.15, 0.2) is 30.3 Å². The number of ether oxygens (including phenoxy) is 1. The van der Waals surface area contributed by atoms with Gasteiger partial charge >= 0.3 is 0 Å². The van der Waals surface area contributed by atoms with Crippen molar-refractivity contribution in [3.05, 3.63) is 30.3 Å². The smallest absolute Gasteiger partial charge is 0.0950 e. The maximum Gasteiger partial charge on any atom is 0.0950 e. The molecule has 27 heavy (non-hydrogen) atoms. The number of anilines is 1. The van der Waals surface area contributed by atoms with E-state index in [1.54, 1.807) is 0 Å². The second-order valence-corrected chi connectivity index (χ2v) is 8.07. The zero-order valence-electron chi connectivity index (χ0n) is 16.4. The summed E-state index contributed by atoms with van der Waals surface area (Å²) in [6.07, 6.45) is 0.878. The fourth-order valence-corrected chi connectivity index (χ4v) is 4.58. The monoisotopic (exact) mass is 374 g/mol. The fraction of sp³-hybridized carbons (Fsp3) is 0.714. The molecule has 6 nitrogen and oxygen atoms in total. The van der Waals surface area contributed by atoms with E-state index >= 15 is 0 Å². The minimum absolute atomic E-state index is 0.205. The lowest BCUT2D eigenvalue weighted by Crippen LogP contribution is -2.49. The molecule has 3 aliphatic heterocycles. The largest absolute Gasteiger partial charge is 0.389 e. The molecule has 3 fully saturated rings. The van der Waals surface area contributed by atoms with E-state index in [1.165, 1.54) is 18.7 Å². The molecule has 2 atom stereocenters. The molecular weight excluding hydrogens is 340 g/mol. The summed E-state index contributed by atoms with van der Waals surface area (Å²) in [5.74, 6) is 0. The molecule has 0 radical (unpaired) electrons. The van der Waals surface area contributed by atoms with Gasteiger partial charge in [-0.15, -0.1) is 0 Å². The van der Waals surface area contributed by atoms with Crippen molar-refractivity contribution in [2.24, 2.45) is 0 Å². The van der Waals surface area contributed by atoms with E-state index in [0.29, 0.717) is 13.2 Å². The maximum absolute atomic E-state index is 10.1. The lowest BCUT2D eigenvalue weighted by molar-refractivity contribution is 0.0835. The van der Waals surface area contributed by atoms with Crippen LogP contribution in [0, 0.1) is 0 Å². The van der Waals surface area contributed by atoms with Gasteiger partial charge in [-0.2, -0.15) is 0 Å². The third-order valence-corrected chi connectivity index (χ3v) is 6.34. The normalized spacial score (nSPS) is 29.1. The predicted octanol–water partition coefficient (Wildman–Crippen LogP) is 0.576. The van der Waals surface area contributed by atoms with E-state index in [2.05, 4.69) is 49.9 Å².